The maximum absolute atomic E-state index is 11.5. The topological polar surface area (TPSA) is 95.3 Å². The molecule has 16 heavy (non-hydrogen) atoms. The van der Waals surface area contributed by atoms with Crippen molar-refractivity contribution in [1.29, 1.82) is 0 Å². The van der Waals surface area contributed by atoms with Gasteiger partial charge in [-0.15, -0.1) is 0 Å². The first-order chi connectivity index (χ1) is 7.61. The van der Waals surface area contributed by atoms with Gasteiger partial charge >= 0.3 is 96.7 Å². The second-order valence-corrected chi connectivity index (χ2v) is 6.62. The zero-order valence-electron chi connectivity index (χ0n) is 8.37. The molecule has 2 rings (SSSR count). The van der Waals surface area contributed by atoms with Crippen molar-refractivity contribution in [3.05, 3.63) is 33.1 Å². The van der Waals surface area contributed by atoms with Crippen molar-refractivity contribution in [3.8, 4) is 0 Å². The molecular formula is C9H12N2O4Se. The Morgan fingerprint density at radius 3 is 2.88 bits per heavy atom. The third-order valence-electron chi connectivity index (χ3n) is 2.55. The molecule has 7 heteroatoms. The minimum atomic E-state index is -0.561. The number of aliphatic hydroxyl groups excluding tert-OH is 2. The molecule has 3 atom stereocenters. The molecular weight excluding hydrogens is 279 g/mol. The third-order valence-corrected chi connectivity index (χ3v) is 5.79. The Morgan fingerprint density at radius 1 is 1.56 bits per heavy atom. The zero-order chi connectivity index (χ0) is 11.7. The van der Waals surface area contributed by atoms with Gasteiger partial charge in [0.1, 0.15) is 0 Å². The van der Waals surface area contributed by atoms with Crippen LogP contribution in [0.3, 0.4) is 0 Å². The van der Waals surface area contributed by atoms with Crippen LogP contribution < -0.4 is 11.2 Å². The summed E-state index contributed by atoms with van der Waals surface area (Å²) in [4.78, 5) is 24.4. The second-order valence-electron chi connectivity index (χ2n) is 3.63. The molecule has 3 N–H and O–H groups in total. The number of hydrogen-bond donors (Lipinski definition) is 3. The first kappa shape index (κ1) is 11.6. The normalized spacial score (nSPS) is 29.5. The zero-order valence-corrected chi connectivity index (χ0v) is 10.1. The molecule has 1 saturated heterocycles. The molecule has 0 aliphatic carbocycles. The van der Waals surface area contributed by atoms with E-state index in [9.17, 15) is 14.7 Å². The van der Waals surface area contributed by atoms with E-state index in [0.29, 0.717) is 6.42 Å². The van der Waals surface area contributed by atoms with E-state index >= 15 is 0 Å². The van der Waals surface area contributed by atoms with E-state index in [1.165, 1.54) is 16.8 Å². The molecule has 6 nitrogen and oxygen atoms in total. The Bertz CT molecular complexity index is 483. The van der Waals surface area contributed by atoms with Gasteiger partial charge in [-0.3, -0.25) is 0 Å². The van der Waals surface area contributed by atoms with Crippen LogP contribution in [0, 0.1) is 0 Å². The number of aliphatic hydroxyl groups is 2. The van der Waals surface area contributed by atoms with E-state index in [1.54, 1.807) is 0 Å². The summed E-state index contributed by atoms with van der Waals surface area (Å²) in [6.45, 7) is -0.0598. The van der Waals surface area contributed by atoms with Crippen molar-refractivity contribution in [2.75, 3.05) is 6.61 Å². The van der Waals surface area contributed by atoms with Gasteiger partial charge in [-0.25, -0.2) is 0 Å². The van der Waals surface area contributed by atoms with E-state index < -0.39 is 17.4 Å². The SMILES string of the molecule is O=c1ccn([C@H]2C[C@@H](O)[C@@H](CO)[Se]2)c(=O)[nH]1. The van der Waals surface area contributed by atoms with Crippen molar-refractivity contribution in [2.24, 2.45) is 0 Å². The quantitative estimate of drug-likeness (QED) is 0.565. The van der Waals surface area contributed by atoms with Crippen LogP contribution in [0.25, 0.3) is 0 Å². The fourth-order valence-corrected chi connectivity index (χ4v) is 4.62. The average molecular weight is 291 g/mol. The monoisotopic (exact) mass is 292 g/mol. The maximum atomic E-state index is 11.5. The van der Waals surface area contributed by atoms with Gasteiger partial charge in [0.05, 0.1) is 0 Å². The van der Waals surface area contributed by atoms with E-state index in [-0.39, 0.29) is 31.3 Å². The van der Waals surface area contributed by atoms with E-state index in [2.05, 4.69) is 4.98 Å². The molecule has 0 aromatic carbocycles. The third kappa shape index (κ3) is 2.12. The fraction of sp³-hybridized carbons (Fsp3) is 0.556. The molecule has 0 unspecified atom stereocenters. The summed E-state index contributed by atoms with van der Waals surface area (Å²) in [5.74, 6) is 0. The average Bonchev–Trinajstić information content (AvgIpc) is 2.59. The molecule has 1 aromatic heterocycles. The number of H-pyrrole nitrogens is 1. The van der Waals surface area contributed by atoms with Gasteiger partial charge in [-0.05, 0) is 0 Å². The minimum absolute atomic E-state index is 0.0454. The van der Waals surface area contributed by atoms with Crippen molar-refractivity contribution >= 4 is 15.0 Å². The number of aromatic nitrogens is 2. The van der Waals surface area contributed by atoms with Crippen LogP contribution in [0.2, 0.25) is 4.82 Å². The first-order valence-electron chi connectivity index (χ1n) is 4.87. The Kier molecular flexibility index (Phi) is 3.30. The van der Waals surface area contributed by atoms with Crippen molar-refractivity contribution in [2.45, 2.75) is 22.3 Å². The van der Waals surface area contributed by atoms with Gasteiger partial charge in [-0.2, -0.15) is 0 Å². The standard InChI is InChI=1S/C9H12N2O4Se/c12-4-6-5(13)3-8(16-6)11-2-1-7(14)10-9(11)15/h1-2,5-6,8,12-13H,3-4H2,(H,10,14,15)/t5-,6-,8-/m1/s1. The van der Waals surface area contributed by atoms with E-state index in [1.807, 2.05) is 0 Å². The van der Waals surface area contributed by atoms with Gasteiger partial charge in [0.15, 0.2) is 0 Å². The molecule has 0 spiro atoms. The van der Waals surface area contributed by atoms with Crippen LogP contribution in [-0.2, 0) is 0 Å². The predicted octanol–water partition coefficient (Wildman–Crippen LogP) is -1.72. The molecule has 0 amide bonds. The molecule has 88 valence electrons. The summed E-state index contributed by atoms with van der Waals surface area (Å²) in [6, 6.07) is 1.29. The van der Waals surface area contributed by atoms with Crippen LogP contribution in [0.5, 0.6) is 0 Å². The fourth-order valence-electron chi connectivity index (χ4n) is 1.70. The van der Waals surface area contributed by atoms with Gasteiger partial charge in [0.2, 0.25) is 0 Å². The molecule has 1 fully saturated rings. The Balaban J connectivity index is 2.27. The van der Waals surface area contributed by atoms with Crippen molar-refractivity contribution < 1.29 is 10.2 Å². The summed E-state index contributed by atoms with van der Waals surface area (Å²) in [5.41, 5.74) is -0.879. The summed E-state index contributed by atoms with van der Waals surface area (Å²) in [7, 11) is 0. The molecule has 1 aliphatic heterocycles. The summed E-state index contributed by atoms with van der Waals surface area (Å²) < 4.78 is 1.43. The Labute approximate surface area is 97.1 Å². The van der Waals surface area contributed by atoms with E-state index in [0.717, 1.165) is 0 Å². The Hall–Kier alpha value is -0.881. The Morgan fingerprint density at radius 2 is 2.31 bits per heavy atom. The van der Waals surface area contributed by atoms with E-state index in [4.69, 9.17) is 5.11 Å². The molecule has 2 heterocycles. The van der Waals surface area contributed by atoms with Crippen molar-refractivity contribution in [3.63, 3.8) is 0 Å². The molecule has 1 aliphatic rings. The van der Waals surface area contributed by atoms with Crippen molar-refractivity contribution in [1.82, 2.24) is 9.55 Å². The summed E-state index contributed by atoms with van der Waals surface area (Å²) >= 11 is -0.0454. The van der Waals surface area contributed by atoms with Crippen LogP contribution in [0.1, 0.15) is 11.4 Å². The molecule has 0 bridgehead atoms. The number of hydrogen-bond acceptors (Lipinski definition) is 4. The first-order valence-corrected chi connectivity index (χ1v) is 6.85. The molecule has 0 saturated carbocycles. The molecule has 0 radical (unpaired) electrons. The summed E-state index contributed by atoms with van der Waals surface area (Å²) in [5, 5.41) is 18.7. The summed E-state index contributed by atoms with van der Waals surface area (Å²) in [6.07, 6.45) is 1.34. The molecule has 1 aromatic rings. The van der Waals surface area contributed by atoms with Gasteiger partial charge < -0.3 is 0 Å². The number of nitrogens with zero attached hydrogens (tertiary/aromatic N) is 1. The van der Waals surface area contributed by atoms with Gasteiger partial charge in [0.25, 0.3) is 0 Å². The van der Waals surface area contributed by atoms with Crippen LogP contribution >= 0.6 is 0 Å². The number of aromatic amines is 1. The second kappa shape index (κ2) is 4.55. The van der Waals surface area contributed by atoms with Crippen LogP contribution in [0.4, 0.5) is 0 Å². The van der Waals surface area contributed by atoms with Gasteiger partial charge in [0, 0.05) is 0 Å². The number of rotatable bonds is 2. The number of nitrogens with one attached hydrogen (secondary N) is 1. The predicted molar refractivity (Wildman–Crippen MR) is 57.6 cm³/mol. The van der Waals surface area contributed by atoms with Crippen LogP contribution in [0.15, 0.2) is 21.9 Å². The van der Waals surface area contributed by atoms with Gasteiger partial charge in [-0.1, -0.05) is 0 Å². The van der Waals surface area contributed by atoms with Crippen LogP contribution in [-0.4, -0.2) is 47.4 Å².